The van der Waals surface area contributed by atoms with Crippen molar-refractivity contribution in [2.75, 3.05) is 0 Å². The molecule has 0 unspecified atom stereocenters. The maximum absolute atomic E-state index is 13.5. The van der Waals surface area contributed by atoms with Crippen molar-refractivity contribution in [3.05, 3.63) is 71.4 Å². The van der Waals surface area contributed by atoms with E-state index in [-0.39, 0.29) is 0 Å². The highest BCUT2D eigenvalue weighted by Gasteiger charge is 2.30. The third-order valence-electron chi connectivity index (χ3n) is 7.89. The molecule has 2 aromatic carbocycles. The lowest BCUT2D eigenvalue weighted by atomic mass is 9.73. The summed E-state index contributed by atoms with van der Waals surface area (Å²) < 4.78 is 26.6. The third kappa shape index (κ3) is 5.94. The molecular formula is C28H36F2Si. The van der Waals surface area contributed by atoms with Gasteiger partial charge in [0.15, 0.2) is 11.6 Å². The molecule has 2 aromatic rings. The summed E-state index contributed by atoms with van der Waals surface area (Å²) in [7, 11) is -0.522. The van der Waals surface area contributed by atoms with Gasteiger partial charge in [-0.05, 0) is 79.2 Å². The van der Waals surface area contributed by atoms with Gasteiger partial charge >= 0.3 is 0 Å². The topological polar surface area (TPSA) is 0 Å². The van der Waals surface area contributed by atoms with Crippen LogP contribution < -0.4 is 0 Å². The van der Waals surface area contributed by atoms with E-state index in [0.717, 1.165) is 35.3 Å². The van der Waals surface area contributed by atoms with E-state index in [0.29, 0.717) is 0 Å². The van der Waals surface area contributed by atoms with Crippen molar-refractivity contribution in [1.82, 2.24) is 0 Å². The number of aryl methyl sites for hydroxylation is 1. The summed E-state index contributed by atoms with van der Waals surface area (Å²) in [4.78, 5) is 0. The molecule has 1 heterocycles. The minimum absolute atomic E-state index is 0.522. The number of benzene rings is 2. The standard InChI is InChI=1S/C28H36F2Si/c1-2-17-31-18-15-25(16-19-31)23-9-5-21(6-10-23)3-4-22-7-11-24(12-8-22)26-13-14-27(29)28(30)20-26/h2,7-8,11-14,17,20-21,23,25,31H,3-6,9-10,15-16,18-19H2,1H3/t21-,23-,25?,31?. The van der Waals surface area contributed by atoms with E-state index >= 15 is 0 Å². The summed E-state index contributed by atoms with van der Waals surface area (Å²) >= 11 is 0. The first-order chi connectivity index (χ1) is 15.1. The number of rotatable bonds is 6. The van der Waals surface area contributed by atoms with E-state index in [1.54, 1.807) is 6.07 Å². The quantitative estimate of drug-likeness (QED) is 0.399. The minimum Gasteiger partial charge on any atom is -0.204 e. The van der Waals surface area contributed by atoms with Crippen molar-refractivity contribution < 1.29 is 8.78 Å². The van der Waals surface area contributed by atoms with Crippen molar-refractivity contribution in [1.29, 1.82) is 0 Å². The van der Waals surface area contributed by atoms with Crippen LogP contribution in [0.5, 0.6) is 0 Å². The molecule has 2 fully saturated rings. The fourth-order valence-corrected chi connectivity index (χ4v) is 8.87. The molecule has 31 heavy (non-hydrogen) atoms. The van der Waals surface area contributed by atoms with Gasteiger partial charge in [0.25, 0.3) is 0 Å². The maximum atomic E-state index is 13.5. The smallest absolute Gasteiger partial charge is 0.159 e. The molecule has 0 radical (unpaired) electrons. The summed E-state index contributed by atoms with van der Waals surface area (Å²) in [5.74, 6) is 1.30. The predicted octanol–water partition coefficient (Wildman–Crippen LogP) is 8.12. The van der Waals surface area contributed by atoms with Crippen LogP contribution >= 0.6 is 0 Å². The van der Waals surface area contributed by atoms with Gasteiger partial charge in [0.2, 0.25) is 0 Å². The second-order valence-electron chi connectivity index (χ2n) is 9.85. The summed E-state index contributed by atoms with van der Waals surface area (Å²) in [6.07, 6.45) is 13.4. The monoisotopic (exact) mass is 438 g/mol. The molecule has 0 amide bonds. The van der Waals surface area contributed by atoms with E-state index in [2.05, 4.69) is 30.8 Å². The summed E-state index contributed by atoms with van der Waals surface area (Å²) in [6, 6.07) is 15.6. The van der Waals surface area contributed by atoms with E-state index < -0.39 is 20.4 Å². The largest absolute Gasteiger partial charge is 0.204 e. The molecule has 166 valence electrons. The lowest BCUT2D eigenvalue weighted by Crippen LogP contribution is -2.28. The predicted molar refractivity (Wildman–Crippen MR) is 130 cm³/mol. The number of allylic oxidation sites excluding steroid dienone is 1. The van der Waals surface area contributed by atoms with Crippen LogP contribution in [0.25, 0.3) is 11.1 Å². The van der Waals surface area contributed by atoms with Crippen LogP contribution in [0.3, 0.4) is 0 Å². The Kier molecular flexibility index (Phi) is 7.76. The van der Waals surface area contributed by atoms with Crippen LogP contribution in [-0.4, -0.2) is 8.80 Å². The van der Waals surface area contributed by atoms with Gasteiger partial charge in [-0.25, -0.2) is 8.78 Å². The van der Waals surface area contributed by atoms with Crippen LogP contribution in [0.4, 0.5) is 8.78 Å². The van der Waals surface area contributed by atoms with Gasteiger partial charge < -0.3 is 0 Å². The molecule has 0 N–H and O–H groups in total. The van der Waals surface area contributed by atoms with Crippen LogP contribution in [-0.2, 0) is 6.42 Å². The van der Waals surface area contributed by atoms with Gasteiger partial charge in [-0.1, -0.05) is 74.2 Å². The van der Waals surface area contributed by atoms with Crippen LogP contribution in [0, 0.1) is 29.4 Å². The molecule has 0 aromatic heterocycles. The first-order valence-corrected chi connectivity index (χ1v) is 14.6. The molecular weight excluding hydrogens is 402 g/mol. The Hall–Kier alpha value is -1.74. The molecule has 4 rings (SSSR count). The van der Waals surface area contributed by atoms with Crippen molar-refractivity contribution in [2.45, 2.75) is 70.4 Å². The molecule has 1 aliphatic carbocycles. The Morgan fingerprint density at radius 1 is 0.806 bits per heavy atom. The van der Waals surface area contributed by atoms with E-state index in [4.69, 9.17) is 0 Å². The Morgan fingerprint density at radius 2 is 1.45 bits per heavy atom. The molecule has 1 saturated carbocycles. The zero-order valence-corrected chi connectivity index (χ0v) is 20.0. The Balaban J connectivity index is 1.21. The highest BCUT2D eigenvalue weighted by atomic mass is 28.3. The highest BCUT2D eigenvalue weighted by Crippen LogP contribution is 2.41. The minimum atomic E-state index is -0.793. The highest BCUT2D eigenvalue weighted by molar-refractivity contribution is 6.64. The van der Waals surface area contributed by atoms with Gasteiger partial charge in [-0.15, -0.1) is 5.70 Å². The third-order valence-corrected chi connectivity index (χ3v) is 11.0. The van der Waals surface area contributed by atoms with Gasteiger partial charge in [-0.2, -0.15) is 0 Å². The van der Waals surface area contributed by atoms with Crippen molar-refractivity contribution in [2.24, 2.45) is 17.8 Å². The molecule has 1 saturated heterocycles. The first-order valence-electron chi connectivity index (χ1n) is 12.3. The fraction of sp³-hybridized carbons (Fsp3) is 0.500. The maximum Gasteiger partial charge on any atom is 0.159 e. The van der Waals surface area contributed by atoms with E-state index in [9.17, 15) is 8.78 Å². The second kappa shape index (κ2) is 10.7. The first kappa shape index (κ1) is 22.5. The van der Waals surface area contributed by atoms with Crippen LogP contribution in [0.2, 0.25) is 12.1 Å². The lowest BCUT2D eigenvalue weighted by molar-refractivity contribution is 0.186. The van der Waals surface area contributed by atoms with Crippen molar-refractivity contribution >= 4 is 8.80 Å². The molecule has 3 heteroatoms. The lowest BCUT2D eigenvalue weighted by Gasteiger charge is -2.37. The number of hydrogen-bond donors (Lipinski definition) is 0. The second-order valence-corrected chi connectivity index (χ2v) is 12.9. The summed E-state index contributed by atoms with van der Waals surface area (Å²) in [5, 5.41) is 0. The van der Waals surface area contributed by atoms with Gasteiger partial charge in [0.1, 0.15) is 0 Å². The van der Waals surface area contributed by atoms with Gasteiger partial charge in [-0.3, -0.25) is 0 Å². The molecule has 0 nitrogen and oxygen atoms in total. The Labute approximate surface area is 188 Å². The average Bonchev–Trinajstić information content (AvgIpc) is 2.81. The summed E-state index contributed by atoms with van der Waals surface area (Å²) in [5.41, 5.74) is 5.57. The summed E-state index contributed by atoms with van der Waals surface area (Å²) in [6.45, 7) is 2.18. The number of hydrogen-bond acceptors (Lipinski definition) is 0. The molecule has 0 atom stereocenters. The Morgan fingerprint density at radius 3 is 2.10 bits per heavy atom. The molecule has 2 aliphatic rings. The zero-order valence-electron chi connectivity index (χ0n) is 18.8. The van der Waals surface area contributed by atoms with Crippen molar-refractivity contribution in [3.8, 4) is 11.1 Å². The van der Waals surface area contributed by atoms with Crippen molar-refractivity contribution in [3.63, 3.8) is 0 Å². The van der Waals surface area contributed by atoms with E-state index in [1.165, 1.54) is 74.7 Å². The van der Waals surface area contributed by atoms with Gasteiger partial charge in [0.05, 0.1) is 8.80 Å². The SMILES string of the molecule is CC=C[SiH]1CCC([C@H]2CC[C@H](CCc3ccc(-c4ccc(F)c(F)c4)cc3)CC2)CC1. The number of halogens is 2. The molecule has 0 spiro atoms. The molecule has 1 aliphatic heterocycles. The Bertz CT molecular complexity index is 857. The molecule has 0 bridgehead atoms. The van der Waals surface area contributed by atoms with E-state index in [1.807, 2.05) is 12.1 Å². The zero-order chi connectivity index (χ0) is 21.6. The van der Waals surface area contributed by atoms with Crippen LogP contribution in [0.15, 0.2) is 54.2 Å². The fourth-order valence-electron chi connectivity index (χ4n) is 5.94. The van der Waals surface area contributed by atoms with Gasteiger partial charge in [0, 0.05) is 0 Å². The normalized spacial score (nSPS) is 26.9. The van der Waals surface area contributed by atoms with Crippen LogP contribution in [0.1, 0.15) is 57.4 Å². The average molecular weight is 439 g/mol.